The minimum Gasteiger partial charge on any atom is -0.492 e. The molecule has 4 rings (SSSR count). The van der Waals surface area contributed by atoms with Gasteiger partial charge in [-0.05, 0) is 51.0 Å². The van der Waals surface area contributed by atoms with E-state index >= 15 is 0 Å². The number of carbonyl (C=O) groups excluding carboxylic acids is 2. The summed E-state index contributed by atoms with van der Waals surface area (Å²) in [5.41, 5.74) is -1.50. The predicted octanol–water partition coefficient (Wildman–Crippen LogP) is 0.684. The lowest BCUT2D eigenvalue weighted by atomic mass is 9.87. The molecule has 2 atom stereocenters. The van der Waals surface area contributed by atoms with Crippen LogP contribution < -0.4 is 16.0 Å². The number of amides is 2. The number of piperidine rings is 1. The molecule has 0 bridgehead atoms. The fourth-order valence-corrected chi connectivity index (χ4v) is 4.50. The summed E-state index contributed by atoms with van der Waals surface area (Å²) >= 11 is 0. The quantitative estimate of drug-likeness (QED) is 0.640. The molecule has 34 heavy (non-hydrogen) atoms. The molecular formula is C24H30N4O6. The fraction of sp³-hybridized carbons (Fsp3) is 0.500. The summed E-state index contributed by atoms with van der Waals surface area (Å²) in [5.74, 6) is 0.546. The number of benzene rings is 1. The predicted molar refractivity (Wildman–Crippen MR) is 124 cm³/mol. The van der Waals surface area contributed by atoms with Gasteiger partial charge in [0.05, 0.1) is 18.2 Å². The molecule has 10 heteroatoms. The van der Waals surface area contributed by atoms with Gasteiger partial charge < -0.3 is 19.6 Å². The lowest BCUT2D eigenvalue weighted by Crippen LogP contribution is -2.55. The number of rotatable bonds is 6. The monoisotopic (exact) mass is 470 g/mol. The molecule has 10 nitrogen and oxygen atoms in total. The van der Waals surface area contributed by atoms with E-state index in [1.54, 1.807) is 47.9 Å². The van der Waals surface area contributed by atoms with Crippen LogP contribution in [0, 0.1) is 6.92 Å². The number of ether oxygens (including phenoxy) is 1. The zero-order valence-electron chi connectivity index (χ0n) is 19.5. The van der Waals surface area contributed by atoms with E-state index in [0.29, 0.717) is 43.0 Å². The second kappa shape index (κ2) is 9.46. The van der Waals surface area contributed by atoms with Gasteiger partial charge in [-0.3, -0.25) is 23.9 Å². The standard InChI is InChI=1S/C24H30N4O6/c1-16-14-28(23(32)25-21(16)30)19-15-27(11-9-24(19,2)33)22(31)17-5-7-18(8-6-17)34-13-12-26-10-3-4-20(26)29/h5-8,14,19,33H,3-4,9-13,15H2,1-2H3,(H,25,30,32)/t19-,24-/m1/s1. The van der Waals surface area contributed by atoms with Gasteiger partial charge in [-0.15, -0.1) is 0 Å². The first-order valence-electron chi connectivity index (χ1n) is 11.5. The summed E-state index contributed by atoms with van der Waals surface area (Å²) in [4.78, 5) is 54.6. The first-order valence-corrected chi connectivity index (χ1v) is 11.5. The second-order valence-corrected chi connectivity index (χ2v) is 9.21. The Kier molecular flexibility index (Phi) is 6.60. The van der Waals surface area contributed by atoms with Gasteiger partial charge in [0, 0.05) is 43.4 Å². The minimum absolute atomic E-state index is 0.124. The van der Waals surface area contributed by atoms with Crippen LogP contribution in [-0.4, -0.2) is 74.7 Å². The molecule has 182 valence electrons. The van der Waals surface area contributed by atoms with Crippen molar-refractivity contribution in [2.45, 2.75) is 44.8 Å². The van der Waals surface area contributed by atoms with E-state index in [2.05, 4.69) is 4.98 Å². The number of aliphatic hydroxyl groups is 1. The van der Waals surface area contributed by atoms with Crippen molar-refractivity contribution >= 4 is 11.8 Å². The summed E-state index contributed by atoms with van der Waals surface area (Å²) in [6, 6.07) is 6.08. The van der Waals surface area contributed by atoms with E-state index in [4.69, 9.17) is 4.74 Å². The number of hydrogen-bond acceptors (Lipinski definition) is 6. The Hall–Kier alpha value is -3.40. The molecule has 0 spiro atoms. The second-order valence-electron chi connectivity index (χ2n) is 9.21. The highest BCUT2D eigenvalue weighted by atomic mass is 16.5. The highest BCUT2D eigenvalue weighted by Gasteiger charge is 2.41. The Morgan fingerprint density at radius 1 is 1.21 bits per heavy atom. The number of aromatic amines is 1. The molecule has 2 amide bonds. The number of aryl methyl sites for hydroxylation is 1. The first-order chi connectivity index (χ1) is 16.2. The van der Waals surface area contributed by atoms with Crippen molar-refractivity contribution < 1.29 is 19.4 Å². The van der Waals surface area contributed by atoms with Gasteiger partial charge in [-0.1, -0.05) is 0 Å². The number of hydrogen-bond donors (Lipinski definition) is 2. The molecule has 0 unspecified atom stereocenters. The third kappa shape index (κ3) is 4.91. The smallest absolute Gasteiger partial charge is 0.328 e. The Bertz CT molecular complexity index is 1180. The van der Waals surface area contributed by atoms with E-state index in [-0.39, 0.29) is 24.8 Å². The highest BCUT2D eigenvalue weighted by molar-refractivity contribution is 5.94. The van der Waals surface area contributed by atoms with Crippen LogP contribution in [0.4, 0.5) is 0 Å². The van der Waals surface area contributed by atoms with E-state index in [1.165, 1.54) is 10.8 Å². The van der Waals surface area contributed by atoms with Gasteiger partial charge in [0.25, 0.3) is 11.5 Å². The molecule has 0 radical (unpaired) electrons. The number of carbonyl (C=O) groups is 2. The van der Waals surface area contributed by atoms with Crippen LogP contribution in [0.15, 0.2) is 40.1 Å². The Balaban J connectivity index is 1.42. The maximum atomic E-state index is 13.1. The van der Waals surface area contributed by atoms with Gasteiger partial charge in [0.1, 0.15) is 12.4 Å². The van der Waals surface area contributed by atoms with Gasteiger partial charge in [0.2, 0.25) is 5.91 Å². The van der Waals surface area contributed by atoms with Crippen LogP contribution in [0.3, 0.4) is 0 Å². The van der Waals surface area contributed by atoms with Crippen molar-refractivity contribution in [3.8, 4) is 5.75 Å². The SMILES string of the molecule is Cc1cn([C@@H]2CN(C(=O)c3ccc(OCCN4CCCC4=O)cc3)CC[C@@]2(C)O)c(=O)[nH]c1=O. The fourth-order valence-electron chi connectivity index (χ4n) is 4.50. The molecular weight excluding hydrogens is 440 g/mol. The summed E-state index contributed by atoms with van der Waals surface area (Å²) in [6.07, 6.45) is 3.19. The van der Waals surface area contributed by atoms with Crippen molar-refractivity contribution in [3.05, 3.63) is 62.4 Å². The maximum Gasteiger partial charge on any atom is 0.328 e. The third-order valence-corrected chi connectivity index (χ3v) is 6.67. The van der Waals surface area contributed by atoms with Crippen LogP contribution in [0.25, 0.3) is 0 Å². The van der Waals surface area contributed by atoms with E-state index in [1.807, 2.05) is 0 Å². The van der Waals surface area contributed by atoms with Gasteiger partial charge >= 0.3 is 5.69 Å². The van der Waals surface area contributed by atoms with Gasteiger partial charge in [0.15, 0.2) is 0 Å². The molecule has 2 N–H and O–H groups in total. The molecule has 0 saturated carbocycles. The molecule has 0 aliphatic carbocycles. The van der Waals surface area contributed by atoms with Crippen molar-refractivity contribution in [2.75, 3.05) is 32.8 Å². The van der Waals surface area contributed by atoms with E-state index in [9.17, 15) is 24.3 Å². The van der Waals surface area contributed by atoms with Crippen LogP contribution >= 0.6 is 0 Å². The summed E-state index contributed by atoms with van der Waals surface area (Å²) < 4.78 is 7.02. The van der Waals surface area contributed by atoms with Crippen molar-refractivity contribution in [1.29, 1.82) is 0 Å². The number of nitrogens with zero attached hydrogens (tertiary/aromatic N) is 3. The summed E-state index contributed by atoms with van der Waals surface area (Å²) in [5, 5.41) is 10.9. The molecule has 2 fully saturated rings. The molecule has 1 aromatic heterocycles. The first kappa shape index (κ1) is 23.7. The molecule has 2 saturated heterocycles. The minimum atomic E-state index is -1.22. The average Bonchev–Trinajstić information content (AvgIpc) is 3.21. The zero-order valence-corrected chi connectivity index (χ0v) is 19.5. The molecule has 3 heterocycles. The molecule has 2 aliphatic rings. The highest BCUT2D eigenvalue weighted by Crippen LogP contribution is 2.31. The lowest BCUT2D eigenvalue weighted by molar-refractivity contribution is -0.128. The van der Waals surface area contributed by atoms with Crippen molar-refractivity contribution in [1.82, 2.24) is 19.4 Å². The van der Waals surface area contributed by atoms with Crippen LogP contribution in [0.2, 0.25) is 0 Å². The van der Waals surface area contributed by atoms with Gasteiger partial charge in [-0.25, -0.2) is 4.79 Å². The number of nitrogens with one attached hydrogen (secondary N) is 1. The maximum absolute atomic E-state index is 13.1. The van der Waals surface area contributed by atoms with Gasteiger partial charge in [-0.2, -0.15) is 0 Å². The molecule has 1 aromatic carbocycles. The zero-order chi connectivity index (χ0) is 24.5. The summed E-state index contributed by atoms with van der Waals surface area (Å²) in [7, 11) is 0. The Morgan fingerprint density at radius 3 is 2.62 bits per heavy atom. The lowest BCUT2D eigenvalue weighted by Gasteiger charge is -2.43. The average molecular weight is 471 g/mol. The molecule has 2 aliphatic heterocycles. The number of H-pyrrole nitrogens is 1. The third-order valence-electron chi connectivity index (χ3n) is 6.67. The topological polar surface area (TPSA) is 125 Å². The Morgan fingerprint density at radius 2 is 1.94 bits per heavy atom. The molecule has 2 aromatic rings. The van der Waals surface area contributed by atoms with E-state index in [0.717, 1.165) is 13.0 Å². The number of likely N-dealkylation sites (tertiary alicyclic amines) is 2. The van der Waals surface area contributed by atoms with Crippen molar-refractivity contribution in [3.63, 3.8) is 0 Å². The normalized spacial score (nSPS) is 22.8. The Labute approximate surface area is 196 Å². The van der Waals surface area contributed by atoms with Crippen LogP contribution in [-0.2, 0) is 4.79 Å². The number of aromatic nitrogens is 2. The largest absolute Gasteiger partial charge is 0.492 e. The summed E-state index contributed by atoms with van der Waals surface area (Å²) in [6.45, 7) is 5.37. The van der Waals surface area contributed by atoms with Crippen LogP contribution in [0.1, 0.15) is 48.1 Å². The van der Waals surface area contributed by atoms with Crippen molar-refractivity contribution in [2.24, 2.45) is 0 Å². The van der Waals surface area contributed by atoms with Crippen LogP contribution in [0.5, 0.6) is 5.75 Å². The van der Waals surface area contributed by atoms with E-state index < -0.39 is 22.9 Å².